The van der Waals surface area contributed by atoms with Crippen LogP contribution in [0, 0.1) is 0 Å². The van der Waals surface area contributed by atoms with Crippen LogP contribution in [-0.4, -0.2) is 28.5 Å². The molecule has 2 aromatic carbocycles. The van der Waals surface area contributed by atoms with E-state index < -0.39 is 5.91 Å². The quantitative estimate of drug-likeness (QED) is 0.624. The number of nitrogens with zero attached hydrogens (tertiary/aromatic N) is 2. The zero-order valence-corrected chi connectivity index (χ0v) is 14.2. The van der Waals surface area contributed by atoms with E-state index >= 15 is 0 Å². The van der Waals surface area contributed by atoms with Gasteiger partial charge in [-0.25, -0.2) is 0 Å². The molecule has 0 aliphatic heterocycles. The summed E-state index contributed by atoms with van der Waals surface area (Å²) in [6, 6.07) is 16.4. The number of carbonyl (C=O) groups is 1. The molecular weight excluding hydrogens is 338 g/mol. The average molecular weight is 355 g/mol. The summed E-state index contributed by atoms with van der Waals surface area (Å²) in [6.45, 7) is 0.615. The average Bonchev–Trinajstić information content (AvgIpc) is 3.11. The number of carbonyl (C=O) groups excluding carboxylic acids is 1. The number of para-hydroxylation sites is 1. The van der Waals surface area contributed by atoms with Crippen molar-refractivity contribution in [3.05, 3.63) is 66.1 Å². The molecule has 0 aliphatic carbocycles. The van der Waals surface area contributed by atoms with E-state index in [1.807, 2.05) is 30.3 Å². The fraction of sp³-hybridized carbons (Fsp3) is 0.167. The highest BCUT2D eigenvalue weighted by atomic mass is 32.2. The molecule has 3 rings (SSSR count). The summed E-state index contributed by atoms with van der Waals surface area (Å²) in [5, 5.41) is 8.07. The van der Waals surface area contributed by atoms with Crippen LogP contribution in [0.5, 0.6) is 5.75 Å². The molecule has 0 bridgehead atoms. The molecule has 7 heteroatoms. The van der Waals surface area contributed by atoms with E-state index in [2.05, 4.69) is 10.2 Å². The zero-order chi connectivity index (χ0) is 17.5. The Morgan fingerprint density at radius 2 is 1.84 bits per heavy atom. The van der Waals surface area contributed by atoms with Gasteiger partial charge in [-0.05, 0) is 36.4 Å². The number of primary amides is 1. The van der Waals surface area contributed by atoms with E-state index in [0.29, 0.717) is 29.7 Å². The summed E-state index contributed by atoms with van der Waals surface area (Å²) in [7, 11) is 0. The van der Waals surface area contributed by atoms with E-state index in [9.17, 15) is 4.79 Å². The van der Waals surface area contributed by atoms with Crippen LogP contribution in [0.15, 0.2) is 59.0 Å². The molecule has 1 amide bonds. The Bertz CT molecular complexity index is 819. The largest absolute Gasteiger partial charge is 0.493 e. The second-order valence-corrected chi connectivity index (χ2v) is 6.26. The number of hydrogen-bond acceptors (Lipinski definition) is 6. The van der Waals surface area contributed by atoms with Crippen molar-refractivity contribution < 1.29 is 13.9 Å². The van der Waals surface area contributed by atoms with E-state index in [1.165, 1.54) is 0 Å². The first kappa shape index (κ1) is 17.0. The summed E-state index contributed by atoms with van der Waals surface area (Å²) in [5.41, 5.74) is 6.41. The highest BCUT2D eigenvalue weighted by molar-refractivity contribution is 7.98. The van der Waals surface area contributed by atoms with Gasteiger partial charge in [-0.3, -0.25) is 4.79 Å². The molecule has 0 radical (unpaired) electrons. The molecule has 3 aromatic rings. The topological polar surface area (TPSA) is 91.2 Å². The normalized spacial score (nSPS) is 10.6. The number of rotatable bonds is 8. The molecule has 0 aliphatic rings. The van der Waals surface area contributed by atoms with Crippen LogP contribution in [0.25, 0.3) is 11.5 Å². The standard InChI is InChI=1S/C18H17N3O3S/c19-17(22)13-6-8-14(9-7-13)18-21-20-16(24-18)12-25-11-10-23-15-4-2-1-3-5-15/h1-9H,10-12H2,(H2,19,22). The van der Waals surface area contributed by atoms with Gasteiger partial charge in [-0.2, -0.15) is 0 Å². The Kier molecular flexibility index (Phi) is 5.69. The van der Waals surface area contributed by atoms with Gasteiger partial charge in [-0.15, -0.1) is 22.0 Å². The maximum Gasteiger partial charge on any atom is 0.248 e. The number of benzene rings is 2. The van der Waals surface area contributed by atoms with Crippen molar-refractivity contribution in [3.63, 3.8) is 0 Å². The molecule has 2 N–H and O–H groups in total. The fourth-order valence-corrected chi connectivity index (χ4v) is 2.74. The SMILES string of the molecule is NC(=O)c1ccc(-c2nnc(CSCCOc3ccccc3)o2)cc1. The van der Waals surface area contributed by atoms with Crippen molar-refractivity contribution in [2.24, 2.45) is 5.73 Å². The van der Waals surface area contributed by atoms with Crippen LogP contribution in [0.1, 0.15) is 16.2 Å². The molecule has 0 saturated heterocycles. The van der Waals surface area contributed by atoms with Gasteiger partial charge in [0.15, 0.2) is 0 Å². The van der Waals surface area contributed by atoms with Crippen LogP contribution in [0.4, 0.5) is 0 Å². The van der Waals surface area contributed by atoms with E-state index in [0.717, 1.165) is 17.1 Å². The highest BCUT2D eigenvalue weighted by Gasteiger charge is 2.09. The lowest BCUT2D eigenvalue weighted by molar-refractivity contribution is 0.100. The Balaban J connectivity index is 1.46. The van der Waals surface area contributed by atoms with Gasteiger partial charge < -0.3 is 14.9 Å². The van der Waals surface area contributed by atoms with Crippen molar-refractivity contribution in [1.82, 2.24) is 10.2 Å². The number of amides is 1. The van der Waals surface area contributed by atoms with Crippen LogP contribution in [0.3, 0.4) is 0 Å². The Morgan fingerprint density at radius 3 is 2.56 bits per heavy atom. The summed E-state index contributed by atoms with van der Waals surface area (Å²) >= 11 is 1.66. The molecule has 0 unspecified atom stereocenters. The summed E-state index contributed by atoms with van der Waals surface area (Å²) in [6.07, 6.45) is 0. The van der Waals surface area contributed by atoms with E-state index in [1.54, 1.807) is 36.0 Å². The second-order valence-electron chi connectivity index (χ2n) is 5.16. The van der Waals surface area contributed by atoms with Gasteiger partial charge in [-0.1, -0.05) is 18.2 Å². The minimum Gasteiger partial charge on any atom is -0.493 e. The maximum atomic E-state index is 11.1. The summed E-state index contributed by atoms with van der Waals surface area (Å²) < 4.78 is 11.3. The monoisotopic (exact) mass is 355 g/mol. The first-order valence-corrected chi connectivity index (χ1v) is 8.86. The van der Waals surface area contributed by atoms with Crippen LogP contribution in [0.2, 0.25) is 0 Å². The second kappa shape index (κ2) is 8.34. The fourth-order valence-electron chi connectivity index (χ4n) is 2.10. The Morgan fingerprint density at radius 1 is 1.08 bits per heavy atom. The van der Waals surface area contributed by atoms with Crippen LogP contribution in [-0.2, 0) is 5.75 Å². The van der Waals surface area contributed by atoms with Gasteiger partial charge in [0, 0.05) is 16.9 Å². The first-order valence-electron chi connectivity index (χ1n) is 7.70. The lowest BCUT2D eigenvalue weighted by Gasteiger charge is -2.04. The third kappa shape index (κ3) is 4.84. The molecule has 6 nitrogen and oxygen atoms in total. The first-order chi connectivity index (χ1) is 12.2. The minimum absolute atomic E-state index is 0.423. The molecule has 0 spiro atoms. The van der Waals surface area contributed by atoms with Crippen molar-refractivity contribution >= 4 is 17.7 Å². The third-order valence-electron chi connectivity index (χ3n) is 3.35. The maximum absolute atomic E-state index is 11.1. The number of thioether (sulfide) groups is 1. The van der Waals surface area contributed by atoms with Gasteiger partial charge in [0.1, 0.15) is 5.75 Å². The summed E-state index contributed by atoms with van der Waals surface area (Å²) in [5.74, 6) is 2.81. The lowest BCUT2D eigenvalue weighted by Crippen LogP contribution is -2.10. The molecule has 1 aromatic heterocycles. The molecule has 25 heavy (non-hydrogen) atoms. The highest BCUT2D eigenvalue weighted by Crippen LogP contribution is 2.20. The van der Waals surface area contributed by atoms with E-state index in [4.69, 9.17) is 14.9 Å². The number of hydrogen-bond donors (Lipinski definition) is 1. The molecule has 1 heterocycles. The van der Waals surface area contributed by atoms with Crippen molar-refractivity contribution in [2.75, 3.05) is 12.4 Å². The predicted molar refractivity (Wildman–Crippen MR) is 96.4 cm³/mol. The smallest absolute Gasteiger partial charge is 0.248 e. The third-order valence-corrected chi connectivity index (χ3v) is 4.25. The molecule has 0 fully saturated rings. The molecule has 0 atom stereocenters. The molecular formula is C18H17N3O3S. The minimum atomic E-state index is -0.466. The predicted octanol–water partition coefficient (Wildman–Crippen LogP) is 3.15. The van der Waals surface area contributed by atoms with Crippen molar-refractivity contribution in [2.45, 2.75) is 5.75 Å². The zero-order valence-electron chi connectivity index (χ0n) is 13.4. The summed E-state index contributed by atoms with van der Waals surface area (Å²) in [4.78, 5) is 11.1. The van der Waals surface area contributed by atoms with Crippen molar-refractivity contribution in [3.8, 4) is 17.2 Å². The Labute approximate surface area is 149 Å². The number of ether oxygens (including phenoxy) is 1. The number of nitrogens with two attached hydrogens (primary N) is 1. The number of aromatic nitrogens is 2. The van der Waals surface area contributed by atoms with Gasteiger partial charge in [0.05, 0.1) is 12.4 Å². The lowest BCUT2D eigenvalue weighted by atomic mass is 10.1. The van der Waals surface area contributed by atoms with E-state index in [-0.39, 0.29) is 0 Å². The van der Waals surface area contributed by atoms with Gasteiger partial charge >= 0.3 is 0 Å². The van der Waals surface area contributed by atoms with Crippen LogP contribution >= 0.6 is 11.8 Å². The van der Waals surface area contributed by atoms with Crippen LogP contribution < -0.4 is 10.5 Å². The van der Waals surface area contributed by atoms with Crippen molar-refractivity contribution in [1.29, 1.82) is 0 Å². The van der Waals surface area contributed by atoms with Gasteiger partial charge in [0.25, 0.3) is 0 Å². The van der Waals surface area contributed by atoms with Gasteiger partial charge in [0.2, 0.25) is 17.7 Å². The Hall–Kier alpha value is -2.80. The molecule has 0 saturated carbocycles. The molecule has 128 valence electrons.